The van der Waals surface area contributed by atoms with Gasteiger partial charge in [-0.15, -0.1) is 0 Å². The largest absolute Gasteiger partial charge is 0.355 e. The van der Waals surface area contributed by atoms with Crippen molar-refractivity contribution in [1.82, 2.24) is 0 Å². The van der Waals surface area contributed by atoms with Crippen molar-refractivity contribution < 1.29 is 0 Å². The molecule has 4 aromatic carbocycles. The highest BCUT2D eigenvalue weighted by molar-refractivity contribution is 5.82. The lowest BCUT2D eigenvalue weighted by atomic mass is 9.73. The second kappa shape index (κ2) is 6.38. The molecular weight excluding hydrogens is 338 g/mol. The van der Waals surface area contributed by atoms with E-state index in [1.165, 1.54) is 44.8 Å². The summed E-state index contributed by atoms with van der Waals surface area (Å²) >= 11 is 0. The molecule has 0 aromatic heterocycles. The van der Waals surface area contributed by atoms with E-state index in [-0.39, 0.29) is 5.41 Å². The summed E-state index contributed by atoms with van der Waals surface area (Å²) in [7, 11) is 0. The molecule has 0 saturated heterocycles. The lowest BCUT2D eigenvalue weighted by Gasteiger charge is -2.36. The van der Waals surface area contributed by atoms with E-state index < -0.39 is 0 Å². The van der Waals surface area contributed by atoms with Gasteiger partial charge in [0.1, 0.15) is 0 Å². The monoisotopic (exact) mass is 361 g/mol. The number of hydrogen-bond acceptors (Lipinski definition) is 1. The third-order valence-electron chi connectivity index (χ3n) is 5.87. The van der Waals surface area contributed by atoms with Crippen molar-refractivity contribution >= 4 is 11.4 Å². The maximum Gasteiger partial charge on any atom is 0.0432 e. The molecule has 1 heteroatoms. The fraction of sp³-hybridized carbons (Fsp3) is 0.111. The normalized spacial score (nSPS) is 13.9. The second-order valence-electron chi connectivity index (χ2n) is 8.00. The van der Waals surface area contributed by atoms with Crippen LogP contribution in [0.25, 0.3) is 22.3 Å². The zero-order valence-electron chi connectivity index (χ0n) is 16.2. The number of hydrogen-bond donors (Lipinski definition) is 1. The Balaban J connectivity index is 1.61. The van der Waals surface area contributed by atoms with E-state index in [1.54, 1.807) is 0 Å². The molecule has 0 saturated carbocycles. The maximum absolute atomic E-state index is 3.72. The van der Waals surface area contributed by atoms with Crippen LogP contribution in [0.15, 0.2) is 97.1 Å². The van der Waals surface area contributed by atoms with Crippen molar-refractivity contribution in [3.05, 3.63) is 108 Å². The Kier molecular flexibility index (Phi) is 3.84. The lowest BCUT2D eigenvalue weighted by Crippen LogP contribution is -2.26. The van der Waals surface area contributed by atoms with Crippen LogP contribution in [-0.4, -0.2) is 0 Å². The number of rotatable bonds is 2. The molecule has 1 aliphatic heterocycles. The van der Waals surface area contributed by atoms with E-state index in [9.17, 15) is 0 Å². The first-order valence-corrected chi connectivity index (χ1v) is 9.80. The van der Waals surface area contributed by atoms with Crippen molar-refractivity contribution in [1.29, 1.82) is 0 Å². The smallest absolute Gasteiger partial charge is 0.0432 e. The summed E-state index contributed by atoms with van der Waals surface area (Å²) in [6, 6.07) is 34.7. The Morgan fingerprint density at radius 2 is 0.929 bits per heavy atom. The number of anilines is 2. The van der Waals surface area contributed by atoms with Gasteiger partial charge in [-0.3, -0.25) is 0 Å². The van der Waals surface area contributed by atoms with Crippen molar-refractivity contribution in [2.24, 2.45) is 0 Å². The highest BCUT2D eigenvalue weighted by atomic mass is 14.9. The van der Waals surface area contributed by atoms with Crippen molar-refractivity contribution in [2.45, 2.75) is 19.3 Å². The Bertz CT molecular complexity index is 1050. The molecule has 28 heavy (non-hydrogen) atoms. The van der Waals surface area contributed by atoms with Gasteiger partial charge in [-0.1, -0.05) is 98.8 Å². The van der Waals surface area contributed by atoms with Crippen LogP contribution in [0.5, 0.6) is 0 Å². The van der Waals surface area contributed by atoms with Gasteiger partial charge < -0.3 is 5.32 Å². The zero-order valence-corrected chi connectivity index (χ0v) is 16.2. The van der Waals surface area contributed by atoms with Crippen molar-refractivity contribution in [2.75, 3.05) is 5.32 Å². The second-order valence-corrected chi connectivity index (χ2v) is 8.00. The summed E-state index contributed by atoms with van der Waals surface area (Å²) in [6.07, 6.45) is 0. The summed E-state index contributed by atoms with van der Waals surface area (Å²) in [5.41, 5.74) is 10.0. The lowest BCUT2D eigenvalue weighted by molar-refractivity contribution is 0.638. The molecule has 0 spiro atoms. The van der Waals surface area contributed by atoms with E-state index >= 15 is 0 Å². The van der Waals surface area contributed by atoms with E-state index in [0.29, 0.717) is 0 Å². The molecule has 136 valence electrons. The van der Waals surface area contributed by atoms with Gasteiger partial charge in [-0.2, -0.15) is 0 Å². The maximum atomic E-state index is 3.72. The summed E-state index contributed by atoms with van der Waals surface area (Å²) in [4.78, 5) is 0. The van der Waals surface area contributed by atoms with Crippen LogP contribution in [0.1, 0.15) is 25.0 Å². The molecule has 0 amide bonds. The van der Waals surface area contributed by atoms with Crippen LogP contribution in [0, 0.1) is 0 Å². The van der Waals surface area contributed by atoms with Gasteiger partial charge in [0.05, 0.1) is 0 Å². The molecule has 0 aliphatic carbocycles. The van der Waals surface area contributed by atoms with E-state index in [4.69, 9.17) is 0 Å². The minimum absolute atomic E-state index is 0.0413. The van der Waals surface area contributed by atoms with Crippen LogP contribution < -0.4 is 5.32 Å². The number of nitrogens with one attached hydrogen (secondary N) is 1. The van der Waals surface area contributed by atoms with Crippen LogP contribution in [-0.2, 0) is 5.41 Å². The molecule has 0 fully saturated rings. The molecular formula is C27H23N. The Labute approximate surface area is 166 Å². The predicted octanol–water partition coefficient (Wildman–Crippen LogP) is 7.40. The third-order valence-corrected chi connectivity index (χ3v) is 5.87. The van der Waals surface area contributed by atoms with Gasteiger partial charge in [-0.25, -0.2) is 0 Å². The topological polar surface area (TPSA) is 12.0 Å². The summed E-state index contributed by atoms with van der Waals surface area (Å²) in [5.74, 6) is 0. The fourth-order valence-corrected chi connectivity index (χ4v) is 4.30. The molecule has 1 heterocycles. The average Bonchev–Trinajstić information content (AvgIpc) is 2.74. The van der Waals surface area contributed by atoms with Gasteiger partial charge in [-0.05, 0) is 45.5 Å². The minimum atomic E-state index is -0.0413. The van der Waals surface area contributed by atoms with Crippen LogP contribution in [0.3, 0.4) is 0 Å². The van der Waals surface area contributed by atoms with Gasteiger partial charge in [0.15, 0.2) is 0 Å². The summed E-state index contributed by atoms with van der Waals surface area (Å²) in [5, 5.41) is 3.72. The van der Waals surface area contributed by atoms with Crippen molar-refractivity contribution in [3.63, 3.8) is 0 Å². The van der Waals surface area contributed by atoms with Gasteiger partial charge in [0.25, 0.3) is 0 Å². The highest BCUT2D eigenvalue weighted by Gasteiger charge is 2.32. The highest BCUT2D eigenvalue weighted by Crippen LogP contribution is 2.47. The first kappa shape index (κ1) is 16.8. The average molecular weight is 361 g/mol. The van der Waals surface area contributed by atoms with E-state index in [1.807, 2.05) is 0 Å². The first-order chi connectivity index (χ1) is 13.6. The molecule has 0 radical (unpaired) electrons. The third kappa shape index (κ3) is 2.71. The Morgan fingerprint density at radius 3 is 1.36 bits per heavy atom. The van der Waals surface area contributed by atoms with E-state index in [2.05, 4.69) is 116 Å². The molecule has 1 aliphatic rings. The fourth-order valence-electron chi connectivity index (χ4n) is 4.30. The molecule has 5 rings (SSSR count). The van der Waals surface area contributed by atoms with Crippen molar-refractivity contribution in [3.8, 4) is 22.3 Å². The van der Waals surface area contributed by atoms with Gasteiger partial charge >= 0.3 is 0 Å². The predicted molar refractivity (Wildman–Crippen MR) is 119 cm³/mol. The summed E-state index contributed by atoms with van der Waals surface area (Å²) in [6.45, 7) is 4.63. The first-order valence-electron chi connectivity index (χ1n) is 9.80. The quantitative estimate of drug-likeness (QED) is 0.392. The molecule has 0 atom stereocenters. The number of benzene rings is 4. The van der Waals surface area contributed by atoms with Gasteiger partial charge in [0, 0.05) is 16.8 Å². The minimum Gasteiger partial charge on any atom is -0.355 e. The molecule has 0 bridgehead atoms. The van der Waals surface area contributed by atoms with E-state index in [0.717, 1.165) is 0 Å². The Morgan fingerprint density at radius 1 is 0.500 bits per heavy atom. The molecule has 1 N–H and O–H groups in total. The standard InChI is InChI=1S/C27H23N/c1-27(2)23-15-13-21(19-9-5-3-6-10-19)17-25(23)28-26-18-22(14-16-24(26)27)20-11-7-4-8-12-20/h3-18,28H,1-2H3. The van der Waals surface area contributed by atoms with Crippen LogP contribution in [0.2, 0.25) is 0 Å². The zero-order chi connectivity index (χ0) is 19.1. The molecule has 1 nitrogen and oxygen atoms in total. The summed E-state index contributed by atoms with van der Waals surface area (Å²) < 4.78 is 0. The Hall–Kier alpha value is -3.32. The number of fused-ring (bicyclic) bond motifs is 2. The van der Waals surface area contributed by atoms with Crippen LogP contribution in [0.4, 0.5) is 11.4 Å². The van der Waals surface area contributed by atoms with Crippen LogP contribution >= 0.6 is 0 Å². The van der Waals surface area contributed by atoms with Gasteiger partial charge in [0.2, 0.25) is 0 Å². The molecule has 4 aromatic rings. The SMILES string of the molecule is CC1(C)c2ccc(-c3ccccc3)cc2Nc2cc(-c3ccccc3)ccc21. The molecule has 0 unspecified atom stereocenters.